The number of methoxy groups -OCH3 is 2. The van der Waals surface area contributed by atoms with E-state index in [0.717, 1.165) is 0 Å². The van der Waals surface area contributed by atoms with Gasteiger partial charge in [-0.25, -0.2) is 8.42 Å². The molecule has 9 heteroatoms. The topological polar surface area (TPSA) is 79.4 Å². The zero-order chi connectivity index (χ0) is 23.3. The predicted octanol–water partition coefficient (Wildman–Crippen LogP) is 1.98. The lowest BCUT2D eigenvalue weighted by atomic mass is 10.1. The van der Waals surface area contributed by atoms with E-state index in [4.69, 9.17) is 9.47 Å². The van der Waals surface area contributed by atoms with Crippen LogP contribution in [0.3, 0.4) is 0 Å². The fourth-order valence-electron chi connectivity index (χ4n) is 3.77. The first-order chi connectivity index (χ1) is 15.3. The fourth-order valence-corrected chi connectivity index (χ4v) is 5.21. The number of rotatable bonds is 8. The summed E-state index contributed by atoms with van der Waals surface area (Å²) in [5.74, 6) is 0.833. The third-order valence-corrected chi connectivity index (χ3v) is 7.59. The van der Waals surface area contributed by atoms with Gasteiger partial charge in [0.15, 0.2) is 11.5 Å². The Labute approximate surface area is 190 Å². The van der Waals surface area contributed by atoms with Crippen LogP contribution in [0.5, 0.6) is 11.5 Å². The molecule has 1 heterocycles. The number of hydrogen-bond acceptors (Lipinski definition) is 6. The van der Waals surface area contributed by atoms with Crippen LogP contribution in [0, 0.1) is 6.92 Å². The number of nitrogens with zero attached hydrogens (tertiary/aromatic N) is 3. The SMILES string of the molecule is COc1ccc(S(=O)(=O)N2CCN(C(=O)CN(C)Cc3ccccc3C)CC2)cc1OC. The van der Waals surface area contributed by atoms with Crippen molar-refractivity contribution >= 4 is 15.9 Å². The third-order valence-electron chi connectivity index (χ3n) is 5.69. The molecule has 1 amide bonds. The molecule has 1 fully saturated rings. The molecule has 32 heavy (non-hydrogen) atoms. The van der Waals surface area contributed by atoms with Crippen LogP contribution in [0.25, 0.3) is 0 Å². The first-order valence-corrected chi connectivity index (χ1v) is 11.9. The molecule has 3 rings (SSSR count). The Balaban J connectivity index is 1.58. The van der Waals surface area contributed by atoms with Gasteiger partial charge in [-0.3, -0.25) is 9.69 Å². The lowest BCUT2D eigenvalue weighted by Gasteiger charge is -2.35. The Morgan fingerprint density at radius 2 is 1.66 bits per heavy atom. The minimum Gasteiger partial charge on any atom is -0.493 e. The Hall–Kier alpha value is -2.62. The lowest BCUT2D eigenvalue weighted by molar-refractivity contribution is -0.133. The van der Waals surface area contributed by atoms with Crippen molar-refractivity contribution in [2.24, 2.45) is 0 Å². The second-order valence-electron chi connectivity index (χ2n) is 7.90. The van der Waals surface area contributed by atoms with Crippen LogP contribution in [-0.4, -0.2) is 82.4 Å². The van der Waals surface area contributed by atoms with Gasteiger partial charge in [-0.2, -0.15) is 4.31 Å². The number of ether oxygens (including phenoxy) is 2. The van der Waals surface area contributed by atoms with Crippen LogP contribution in [0.2, 0.25) is 0 Å². The van der Waals surface area contributed by atoms with Crippen LogP contribution < -0.4 is 9.47 Å². The second-order valence-corrected chi connectivity index (χ2v) is 9.84. The average Bonchev–Trinajstić information content (AvgIpc) is 2.80. The van der Waals surface area contributed by atoms with Crippen molar-refractivity contribution in [1.29, 1.82) is 0 Å². The van der Waals surface area contributed by atoms with Crippen LogP contribution in [0.15, 0.2) is 47.4 Å². The molecule has 0 N–H and O–H groups in total. The number of likely N-dealkylation sites (N-methyl/N-ethyl adjacent to an activating group) is 1. The van der Waals surface area contributed by atoms with E-state index in [2.05, 4.69) is 19.1 Å². The van der Waals surface area contributed by atoms with Crippen LogP contribution in [0.1, 0.15) is 11.1 Å². The number of amides is 1. The van der Waals surface area contributed by atoms with Gasteiger partial charge in [0.05, 0.1) is 25.7 Å². The molecule has 0 spiro atoms. The van der Waals surface area contributed by atoms with Crippen molar-refractivity contribution in [3.05, 3.63) is 53.6 Å². The minimum atomic E-state index is -3.69. The molecule has 1 saturated heterocycles. The third kappa shape index (κ3) is 5.40. The van der Waals surface area contributed by atoms with E-state index in [1.54, 1.807) is 11.0 Å². The van der Waals surface area contributed by atoms with Crippen LogP contribution in [0.4, 0.5) is 0 Å². The standard InChI is InChI=1S/C23H31N3O5S/c1-18-7-5-6-8-19(18)16-24(2)17-23(27)25-11-13-26(14-12-25)32(28,29)20-9-10-21(30-3)22(15-20)31-4/h5-10,15H,11-14,16-17H2,1-4H3. The molecule has 2 aromatic carbocycles. The highest BCUT2D eigenvalue weighted by atomic mass is 32.2. The lowest BCUT2D eigenvalue weighted by Crippen LogP contribution is -2.52. The Kier molecular flexibility index (Phi) is 7.76. The van der Waals surface area contributed by atoms with E-state index in [1.165, 1.54) is 41.8 Å². The molecule has 1 aliphatic heterocycles. The number of aryl methyl sites for hydroxylation is 1. The Morgan fingerprint density at radius 3 is 2.28 bits per heavy atom. The summed E-state index contributed by atoms with van der Waals surface area (Å²) in [6.45, 7) is 4.27. The summed E-state index contributed by atoms with van der Waals surface area (Å²) in [5, 5.41) is 0. The summed E-state index contributed by atoms with van der Waals surface area (Å²) < 4.78 is 37.9. The van der Waals surface area contributed by atoms with Gasteiger partial charge >= 0.3 is 0 Å². The van der Waals surface area contributed by atoms with E-state index in [-0.39, 0.29) is 30.4 Å². The normalized spacial score (nSPS) is 15.1. The number of carbonyl (C=O) groups is 1. The smallest absolute Gasteiger partial charge is 0.243 e. The van der Waals surface area contributed by atoms with Crippen LogP contribution >= 0.6 is 0 Å². The van der Waals surface area contributed by atoms with Gasteiger partial charge in [0, 0.05) is 38.8 Å². The van der Waals surface area contributed by atoms with Gasteiger partial charge in [0.25, 0.3) is 0 Å². The number of piperazine rings is 1. The molecular weight excluding hydrogens is 430 g/mol. The zero-order valence-corrected chi connectivity index (χ0v) is 19.9. The highest BCUT2D eigenvalue weighted by molar-refractivity contribution is 7.89. The van der Waals surface area contributed by atoms with Crippen molar-refractivity contribution in [1.82, 2.24) is 14.1 Å². The van der Waals surface area contributed by atoms with Crippen molar-refractivity contribution in [2.45, 2.75) is 18.4 Å². The second kappa shape index (κ2) is 10.3. The monoisotopic (exact) mass is 461 g/mol. The summed E-state index contributed by atoms with van der Waals surface area (Å²) in [7, 11) is 1.20. The quantitative estimate of drug-likeness (QED) is 0.598. The van der Waals surface area contributed by atoms with E-state index in [0.29, 0.717) is 31.1 Å². The summed E-state index contributed by atoms with van der Waals surface area (Å²) in [6.07, 6.45) is 0. The van der Waals surface area contributed by atoms with Crippen LogP contribution in [-0.2, 0) is 21.4 Å². The predicted molar refractivity (Wildman–Crippen MR) is 122 cm³/mol. The largest absolute Gasteiger partial charge is 0.493 e. The summed E-state index contributed by atoms with van der Waals surface area (Å²) in [4.78, 5) is 16.6. The highest BCUT2D eigenvalue weighted by Crippen LogP contribution is 2.30. The first kappa shape index (κ1) is 24.0. The maximum absolute atomic E-state index is 13.1. The molecular formula is C23H31N3O5S. The first-order valence-electron chi connectivity index (χ1n) is 10.5. The molecule has 0 aliphatic carbocycles. The Bertz CT molecular complexity index is 1050. The molecule has 1 aliphatic rings. The molecule has 0 aromatic heterocycles. The average molecular weight is 462 g/mol. The Morgan fingerprint density at radius 1 is 1.00 bits per heavy atom. The van der Waals surface area contributed by atoms with Crippen molar-refractivity contribution in [2.75, 3.05) is 54.0 Å². The van der Waals surface area contributed by atoms with E-state index in [9.17, 15) is 13.2 Å². The van der Waals surface area contributed by atoms with E-state index >= 15 is 0 Å². The molecule has 0 bridgehead atoms. The molecule has 174 valence electrons. The van der Waals surface area contributed by atoms with Gasteiger partial charge in [0.2, 0.25) is 15.9 Å². The van der Waals surface area contributed by atoms with Gasteiger partial charge in [0.1, 0.15) is 0 Å². The molecule has 0 radical (unpaired) electrons. The number of benzene rings is 2. The molecule has 2 aromatic rings. The van der Waals surface area contributed by atoms with Gasteiger partial charge < -0.3 is 14.4 Å². The summed E-state index contributed by atoms with van der Waals surface area (Å²) >= 11 is 0. The maximum atomic E-state index is 13.1. The number of carbonyl (C=O) groups excluding carboxylic acids is 1. The minimum absolute atomic E-state index is 0.00393. The number of hydrogen-bond donors (Lipinski definition) is 0. The van der Waals surface area contributed by atoms with Crippen molar-refractivity contribution < 1.29 is 22.7 Å². The summed E-state index contributed by atoms with van der Waals surface area (Å²) in [6, 6.07) is 12.7. The van der Waals surface area contributed by atoms with Crippen molar-refractivity contribution in [3.8, 4) is 11.5 Å². The van der Waals surface area contributed by atoms with Gasteiger partial charge in [-0.05, 0) is 37.2 Å². The van der Waals surface area contributed by atoms with Gasteiger partial charge in [-0.1, -0.05) is 24.3 Å². The highest BCUT2D eigenvalue weighted by Gasteiger charge is 2.31. The zero-order valence-electron chi connectivity index (χ0n) is 19.1. The van der Waals surface area contributed by atoms with Gasteiger partial charge in [-0.15, -0.1) is 0 Å². The molecule has 0 atom stereocenters. The molecule has 0 unspecified atom stereocenters. The van der Waals surface area contributed by atoms with E-state index < -0.39 is 10.0 Å². The maximum Gasteiger partial charge on any atom is 0.243 e. The van der Waals surface area contributed by atoms with E-state index in [1.807, 2.05) is 24.1 Å². The molecule has 0 saturated carbocycles. The van der Waals surface area contributed by atoms with Crippen molar-refractivity contribution in [3.63, 3.8) is 0 Å². The summed E-state index contributed by atoms with van der Waals surface area (Å²) in [5.41, 5.74) is 2.38. The molecule has 8 nitrogen and oxygen atoms in total. The number of sulfonamides is 1. The fraction of sp³-hybridized carbons (Fsp3) is 0.435.